The summed E-state index contributed by atoms with van der Waals surface area (Å²) in [6.07, 6.45) is 2.07. The van der Waals surface area contributed by atoms with E-state index in [0.717, 1.165) is 29.7 Å². The van der Waals surface area contributed by atoms with E-state index in [9.17, 15) is 9.18 Å². The van der Waals surface area contributed by atoms with Gasteiger partial charge in [-0.2, -0.15) is 0 Å². The summed E-state index contributed by atoms with van der Waals surface area (Å²) in [6.45, 7) is 2.00. The predicted molar refractivity (Wildman–Crippen MR) is 108 cm³/mol. The fourth-order valence-corrected chi connectivity index (χ4v) is 3.40. The highest BCUT2D eigenvalue weighted by atomic mass is 19.1. The van der Waals surface area contributed by atoms with Gasteiger partial charge in [0.2, 0.25) is 0 Å². The minimum absolute atomic E-state index is 0.128. The Kier molecular flexibility index (Phi) is 4.12. The molecule has 0 radical (unpaired) electrons. The molecule has 5 nitrogen and oxygen atoms in total. The molecule has 1 aliphatic rings. The number of hydrogen-bond acceptors (Lipinski definition) is 4. The molecular formula is C23H18FN3O2. The van der Waals surface area contributed by atoms with Crippen LogP contribution in [0.5, 0.6) is 0 Å². The summed E-state index contributed by atoms with van der Waals surface area (Å²) in [5.41, 5.74) is 4.14. The van der Waals surface area contributed by atoms with Gasteiger partial charge in [-0.05, 0) is 38.0 Å². The summed E-state index contributed by atoms with van der Waals surface area (Å²) in [7, 11) is 0. The van der Waals surface area contributed by atoms with Crippen molar-refractivity contribution in [3.8, 4) is 11.3 Å². The molecule has 4 aromatic rings. The zero-order chi connectivity index (χ0) is 20.0. The minimum atomic E-state index is -0.488. The molecule has 0 spiro atoms. The number of carbonyl (C=O) groups excluding carboxylic acids is 1. The van der Waals surface area contributed by atoms with Crippen LogP contribution in [0.1, 0.15) is 40.4 Å². The Morgan fingerprint density at radius 1 is 1.14 bits per heavy atom. The number of fused-ring (bicyclic) bond motifs is 1. The zero-order valence-electron chi connectivity index (χ0n) is 15.8. The number of benzene rings is 2. The highest BCUT2D eigenvalue weighted by molar-refractivity contribution is 6.14. The second-order valence-corrected chi connectivity index (χ2v) is 7.38. The molecule has 29 heavy (non-hydrogen) atoms. The number of para-hydroxylation sites is 1. The van der Waals surface area contributed by atoms with Crippen molar-refractivity contribution in [1.82, 2.24) is 10.1 Å². The number of aryl methyl sites for hydroxylation is 1. The number of hydrogen-bond donors (Lipinski definition) is 1. The van der Waals surface area contributed by atoms with Gasteiger partial charge in [0.25, 0.3) is 11.6 Å². The maximum absolute atomic E-state index is 14.1. The molecule has 1 N–H and O–H groups in total. The maximum atomic E-state index is 14.1. The smallest absolute Gasteiger partial charge is 0.259 e. The van der Waals surface area contributed by atoms with Crippen LogP contribution < -0.4 is 5.32 Å². The van der Waals surface area contributed by atoms with Crippen LogP contribution in [0.25, 0.3) is 22.4 Å². The number of carbonyl (C=O) groups is 1. The third-order valence-electron chi connectivity index (χ3n) is 5.15. The zero-order valence-corrected chi connectivity index (χ0v) is 15.8. The van der Waals surface area contributed by atoms with Crippen molar-refractivity contribution >= 4 is 22.7 Å². The van der Waals surface area contributed by atoms with Crippen LogP contribution in [0.15, 0.2) is 59.1 Å². The molecule has 0 aliphatic heterocycles. The van der Waals surface area contributed by atoms with E-state index in [0.29, 0.717) is 28.3 Å². The molecule has 2 aromatic carbocycles. The van der Waals surface area contributed by atoms with E-state index in [1.165, 1.54) is 12.1 Å². The number of nitrogens with zero attached hydrogens (tertiary/aromatic N) is 2. The normalized spacial score (nSPS) is 13.6. The molecule has 0 unspecified atom stereocenters. The average molecular weight is 387 g/mol. The van der Waals surface area contributed by atoms with Gasteiger partial charge in [0.1, 0.15) is 11.5 Å². The van der Waals surface area contributed by atoms with Gasteiger partial charge in [-0.15, -0.1) is 0 Å². The Morgan fingerprint density at radius 2 is 1.90 bits per heavy atom. The van der Waals surface area contributed by atoms with E-state index in [4.69, 9.17) is 4.52 Å². The lowest BCUT2D eigenvalue weighted by Gasteiger charge is -2.09. The second kappa shape index (κ2) is 6.81. The van der Waals surface area contributed by atoms with E-state index in [1.807, 2.05) is 31.2 Å². The lowest BCUT2D eigenvalue weighted by molar-refractivity contribution is 0.102. The Bertz CT molecular complexity index is 1230. The van der Waals surface area contributed by atoms with Crippen molar-refractivity contribution in [3.63, 3.8) is 0 Å². The first-order valence-corrected chi connectivity index (χ1v) is 9.53. The first kappa shape index (κ1) is 17.6. The van der Waals surface area contributed by atoms with Gasteiger partial charge in [-0.3, -0.25) is 4.79 Å². The predicted octanol–water partition coefficient (Wildman–Crippen LogP) is 5.47. The van der Waals surface area contributed by atoms with Crippen molar-refractivity contribution in [2.75, 3.05) is 5.32 Å². The standard InChI is InChI=1S/C23H18FN3O2/c1-13-6-8-15(9-7-13)21-20-16(22(28)25-18-5-3-2-4-17(18)24)12-19(14-10-11-14)26-23(20)29-27-21/h2-9,12,14H,10-11H2,1H3,(H,25,28). The molecule has 6 heteroatoms. The van der Waals surface area contributed by atoms with Crippen molar-refractivity contribution < 1.29 is 13.7 Å². The van der Waals surface area contributed by atoms with Crippen LogP contribution in [0.2, 0.25) is 0 Å². The minimum Gasteiger partial charge on any atom is -0.335 e. The summed E-state index contributed by atoms with van der Waals surface area (Å²) in [5, 5.41) is 7.40. The first-order valence-electron chi connectivity index (χ1n) is 9.53. The maximum Gasteiger partial charge on any atom is 0.259 e. The molecule has 2 aromatic heterocycles. The van der Waals surface area contributed by atoms with Gasteiger partial charge in [-0.25, -0.2) is 9.37 Å². The third kappa shape index (κ3) is 3.27. The van der Waals surface area contributed by atoms with Crippen LogP contribution in [-0.2, 0) is 0 Å². The largest absolute Gasteiger partial charge is 0.335 e. The molecule has 0 bridgehead atoms. The fourth-order valence-electron chi connectivity index (χ4n) is 3.40. The van der Waals surface area contributed by atoms with E-state index in [1.54, 1.807) is 18.2 Å². The van der Waals surface area contributed by atoms with Crippen LogP contribution >= 0.6 is 0 Å². The summed E-state index contributed by atoms with van der Waals surface area (Å²) in [5.74, 6) is -0.578. The number of nitrogens with one attached hydrogen (secondary N) is 1. The summed E-state index contributed by atoms with van der Waals surface area (Å²) < 4.78 is 19.6. The number of amides is 1. The Hall–Kier alpha value is -3.54. The molecule has 144 valence electrons. The van der Waals surface area contributed by atoms with Crippen molar-refractivity contribution in [2.24, 2.45) is 0 Å². The topological polar surface area (TPSA) is 68.0 Å². The quantitative estimate of drug-likeness (QED) is 0.504. The van der Waals surface area contributed by atoms with Crippen LogP contribution in [0.4, 0.5) is 10.1 Å². The van der Waals surface area contributed by atoms with Crippen molar-refractivity contribution in [2.45, 2.75) is 25.7 Å². The molecular weight excluding hydrogens is 369 g/mol. The van der Waals surface area contributed by atoms with Gasteiger partial charge in [0, 0.05) is 17.2 Å². The molecule has 1 aliphatic carbocycles. The van der Waals surface area contributed by atoms with Crippen LogP contribution in [0.3, 0.4) is 0 Å². The summed E-state index contributed by atoms with van der Waals surface area (Å²) in [6, 6.07) is 15.7. The second-order valence-electron chi connectivity index (χ2n) is 7.38. The van der Waals surface area contributed by atoms with Crippen molar-refractivity contribution in [1.29, 1.82) is 0 Å². The van der Waals surface area contributed by atoms with E-state index in [2.05, 4.69) is 15.5 Å². The number of halogens is 1. The van der Waals surface area contributed by atoms with E-state index < -0.39 is 11.7 Å². The summed E-state index contributed by atoms with van der Waals surface area (Å²) in [4.78, 5) is 17.7. The first-order chi connectivity index (χ1) is 14.1. The monoisotopic (exact) mass is 387 g/mol. The van der Waals surface area contributed by atoms with E-state index in [-0.39, 0.29) is 5.69 Å². The molecule has 0 saturated heterocycles. The summed E-state index contributed by atoms with van der Waals surface area (Å²) >= 11 is 0. The van der Waals surface area contributed by atoms with Gasteiger partial charge in [0.05, 0.1) is 16.6 Å². The van der Waals surface area contributed by atoms with Gasteiger partial charge in [-0.1, -0.05) is 47.1 Å². The van der Waals surface area contributed by atoms with Crippen molar-refractivity contribution in [3.05, 3.63) is 77.2 Å². The lowest BCUT2D eigenvalue weighted by Crippen LogP contribution is -2.14. The molecule has 1 fully saturated rings. The average Bonchev–Trinajstić information content (AvgIpc) is 3.49. The third-order valence-corrected chi connectivity index (χ3v) is 5.15. The van der Waals surface area contributed by atoms with Crippen LogP contribution in [0, 0.1) is 12.7 Å². The number of anilines is 1. The number of aromatic nitrogens is 2. The number of pyridine rings is 1. The molecule has 0 atom stereocenters. The molecule has 1 saturated carbocycles. The van der Waals surface area contributed by atoms with Gasteiger partial charge >= 0.3 is 0 Å². The van der Waals surface area contributed by atoms with Crippen LogP contribution in [-0.4, -0.2) is 16.0 Å². The lowest BCUT2D eigenvalue weighted by atomic mass is 10.0. The Labute approximate surface area is 166 Å². The highest BCUT2D eigenvalue weighted by Gasteiger charge is 2.29. The van der Waals surface area contributed by atoms with Gasteiger partial charge in [0.15, 0.2) is 0 Å². The molecule has 1 amide bonds. The fraction of sp³-hybridized carbons (Fsp3) is 0.174. The molecule has 5 rings (SSSR count). The SMILES string of the molecule is Cc1ccc(-c2noc3nc(C4CC4)cc(C(=O)Nc4ccccc4F)c23)cc1. The molecule has 2 heterocycles. The highest BCUT2D eigenvalue weighted by Crippen LogP contribution is 2.41. The number of rotatable bonds is 4. The Morgan fingerprint density at radius 3 is 2.62 bits per heavy atom. The van der Waals surface area contributed by atoms with Gasteiger partial charge < -0.3 is 9.84 Å². The van der Waals surface area contributed by atoms with E-state index >= 15 is 0 Å². The Balaban J connectivity index is 1.65.